The van der Waals surface area contributed by atoms with Gasteiger partial charge in [-0.05, 0) is 76.2 Å². The zero-order valence-electron chi connectivity index (χ0n) is 24.0. The van der Waals surface area contributed by atoms with Crippen molar-refractivity contribution in [2.75, 3.05) is 0 Å². The van der Waals surface area contributed by atoms with Gasteiger partial charge in [0.25, 0.3) is 0 Å². The Hall–Kier alpha value is -5.34. The predicted molar refractivity (Wildman–Crippen MR) is 181 cm³/mol. The summed E-state index contributed by atoms with van der Waals surface area (Å²) in [5.41, 5.74) is 13.0. The molecule has 1 atom stereocenters. The highest BCUT2D eigenvalue weighted by Crippen LogP contribution is 2.51. The van der Waals surface area contributed by atoms with E-state index >= 15 is 0 Å². The zero-order chi connectivity index (χ0) is 28.5. The van der Waals surface area contributed by atoms with E-state index in [1.807, 2.05) is 0 Å². The summed E-state index contributed by atoms with van der Waals surface area (Å²) in [6, 6.07) is 53.2. The normalized spacial score (nSPS) is 14.3. The van der Waals surface area contributed by atoms with Gasteiger partial charge in [-0.2, -0.15) is 0 Å². The molecule has 2 heteroatoms. The van der Waals surface area contributed by atoms with Crippen molar-refractivity contribution in [1.82, 2.24) is 9.13 Å². The zero-order valence-corrected chi connectivity index (χ0v) is 24.0. The molecule has 43 heavy (non-hydrogen) atoms. The maximum Gasteiger partial charge on any atom is 0.0600 e. The Balaban J connectivity index is 1.44. The van der Waals surface area contributed by atoms with E-state index in [2.05, 4.69) is 162 Å². The van der Waals surface area contributed by atoms with E-state index in [1.165, 1.54) is 77.6 Å². The first-order chi connectivity index (χ1) is 21.3. The molecule has 6 aromatic carbocycles. The van der Waals surface area contributed by atoms with Gasteiger partial charge in [-0.3, -0.25) is 0 Å². The number of rotatable bonds is 3. The number of nitrogens with zero attached hydrogens (tertiary/aromatic N) is 2. The van der Waals surface area contributed by atoms with Gasteiger partial charge in [-0.25, -0.2) is 0 Å². The van der Waals surface area contributed by atoms with Crippen molar-refractivity contribution in [3.8, 4) is 33.8 Å². The Morgan fingerprint density at radius 2 is 1.14 bits per heavy atom. The third-order valence-electron chi connectivity index (χ3n) is 9.32. The van der Waals surface area contributed by atoms with Gasteiger partial charge < -0.3 is 9.13 Å². The first-order valence-corrected chi connectivity index (χ1v) is 15.2. The number of aromatic nitrogens is 2. The largest absolute Gasteiger partial charge is 0.313 e. The fourth-order valence-corrected chi connectivity index (χ4v) is 7.57. The van der Waals surface area contributed by atoms with E-state index in [1.54, 1.807) is 0 Å². The first kappa shape index (κ1) is 24.3. The summed E-state index contributed by atoms with van der Waals surface area (Å²) >= 11 is 0. The predicted octanol–water partition coefficient (Wildman–Crippen LogP) is 10.7. The fourth-order valence-electron chi connectivity index (χ4n) is 7.57. The van der Waals surface area contributed by atoms with Crippen molar-refractivity contribution in [2.24, 2.45) is 0 Å². The summed E-state index contributed by atoms with van der Waals surface area (Å²) in [5, 5.41) is 5.18. The van der Waals surface area contributed by atoms with E-state index in [9.17, 15) is 0 Å². The summed E-state index contributed by atoms with van der Waals surface area (Å²) in [4.78, 5) is 0. The molecule has 204 valence electrons. The summed E-state index contributed by atoms with van der Waals surface area (Å²) in [6.45, 7) is 2.40. The molecule has 0 aliphatic heterocycles. The van der Waals surface area contributed by atoms with Gasteiger partial charge in [0.05, 0.1) is 16.7 Å². The molecule has 1 unspecified atom stereocenters. The van der Waals surface area contributed by atoms with Crippen molar-refractivity contribution in [2.45, 2.75) is 19.3 Å². The van der Waals surface area contributed by atoms with Crippen LogP contribution in [0.25, 0.3) is 66.3 Å². The third kappa shape index (κ3) is 3.53. The second kappa shape index (κ2) is 9.34. The quantitative estimate of drug-likeness (QED) is 0.207. The highest BCUT2D eigenvalue weighted by atomic mass is 15.0. The van der Waals surface area contributed by atoms with E-state index in [0.29, 0.717) is 5.92 Å². The molecule has 1 aliphatic carbocycles. The van der Waals surface area contributed by atoms with Gasteiger partial charge >= 0.3 is 0 Å². The number of para-hydroxylation sites is 3. The van der Waals surface area contributed by atoms with Crippen LogP contribution in [0.5, 0.6) is 0 Å². The van der Waals surface area contributed by atoms with Gasteiger partial charge in [0.1, 0.15) is 0 Å². The molecule has 2 aromatic heterocycles. The molecule has 0 fully saturated rings. The lowest BCUT2D eigenvalue weighted by atomic mass is 9.84. The van der Waals surface area contributed by atoms with E-state index < -0.39 is 0 Å². The van der Waals surface area contributed by atoms with E-state index in [4.69, 9.17) is 0 Å². The van der Waals surface area contributed by atoms with Crippen molar-refractivity contribution < 1.29 is 0 Å². The lowest BCUT2D eigenvalue weighted by Gasteiger charge is -2.25. The van der Waals surface area contributed by atoms with Crippen LogP contribution in [0.15, 0.2) is 146 Å². The van der Waals surface area contributed by atoms with Gasteiger partial charge in [0, 0.05) is 33.4 Å². The molecular formula is C41H30N2. The molecule has 0 radical (unpaired) electrons. The van der Waals surface area contributed by atoms with Crippen LogP contribution in [0.3, 0.4) is 0 Å². The van der Waals surface area contributed by atoms with Gasteiger partial charge in [-0.1, -0.05) is 116 Å². The summed E-state index contributed by atoms with van der Waals surface area (Å²) in [7, 11) is 0. The molecule has 0 amide bonds. The third-order valence-corrected chi connectivity index (χ3v) is 9.32. The molecule has 1 aliphatic rings. The van der Waals surface area contributed by atoms with Crippen molar-refractivity contribution >= 4 is 32.6 Å². The number of fused-ring (bicyclic) bond motifs is 8. The Morgan fingerprint density at radius 3 is 1.91 bits per heavy atom. The SMILES string of the molecule is CC1Cc2c(c3ccccc3n2-c2ccccc2)-c2c1c1ccccc1n2-c1cc(-c2ccccc2)c2ccccc2c1. The molecule has 0 saturated heterocycles. The number of hydrogen-bond donors (Lipinski definition) is 0. The van der Waals surface area contributed by atoms with Crippen molar-refractivity contribution in [1.29, 1.82) is 0 Å². The lowest BCUT2D eigenvalue weighted by molar-refractivity contribution is 0.722. The molecule has 0 N–H and O–H groups in total. The molecule has 2 nitrogen and oxygen atoms in total. The highest BCUT2D eigenvalue weighted by Gasteiger charge is 2.34. The van der Waals surface area contributed by atoms with Gasteiger partial charge in [0.15, 0.2) is 0 Å². The van der Waals surface area contributed by atoms with Crippen LogP contribution in [-0.2, 0) is 6.42 Å². The summed E-state index contributed by atoms with van der Waals surface area (Å²) in [6.07, 6.45) is 0.993. The Morgan fingerprint density at radius 1 is 0.535 bits per heavy atom. The Kier molecular flexibility index (Phi) is 5.27. The fraction of sp³-hybridized carbons (Fsp3) is 0.0732. The van der Waals surface area contributed by atoms with Crippen molar-refractivity contribution in [3.05, 3.63) is 157 Å². The monoisotopic (exact) mass is 550 g/mol. The van der Waals surface area contributed by atoms with Crippen LogP contribution in [0.1, 0.15) is 24.1 Å². The Bertz CT molecular complexity index is 2320. The minimum absolute atomic E-state index is 0.370. The molecule has 0 saturated carbocycles. The van der Waals surface area contributed by atoms with Crippen molar-refractivity contribution in [3.63, 3.8) is 0 Å². The van der Waals surface area contributed by atoms with E-state index in [-0.39, 0.29) is 0 Å². The number of hydrogen-bond acceptors (Lipinski definition) is 0. The molecule has 0 bridgehead atoms. The molecule has 0 spiro atoms. The molecule has 8 aromatic rings. The second-order valence-electron chi connectivity index (χ2n) is 11.8. The molecule has 2 heterocycles. The number of benzene rings is 6. The minimum atomic E-state index is 0.370. The van der Waals surface area contributed by atoms with Gasteiger partial charge in [-0.15, -0.1) is 0 Å². The van der Waals surface area contributed by atoms with Crippen LogP contribution < -0.4 is 0 Å². The smallest absolute Gasteiger partial charge is 0.0600 e. The Labute approximate surface area is 251 Å². The van der Waals surface area contributed by atoms with E-state index in [0.717, 1.165) is 6.42 Å². The standard InChI is InChI=1S/C41H30N2/c1-27-24-38-40(34-21-11-12-22-36(34)42(38)30-17-6-3-7-18-30)41-39(27)33-20-10-13-23-37(33)43(41)31-25-29-16-8-9-19-32(29)35(26-31)28-14-4-2-5-15-28/h2-23,25-27H,24H2,1H3. The maximum atomic E-state index is 2.56. The van der Waals surface area contributed by atoms with Crippen LogP contribution in [0, 0.1) is 0 Å². The molecular weight excluding hydrogens is 520 g/mol. The van der Waals surface area contributed by atoms with Crippen LogP contribution >= 0.6 is 0 Å². The first-order valence-electron chi connectivity index (χ1n) is 15.2. The lowest BCUT2D eigenvalue weighted by Crippen LogP contribution is -2.12. The highest BCUT2D eigenvalue weighted by molar-refractivity contribution is 6.06. The maximum absolute atomic E-state index is 2.56. The van der Waals surface area contributed by atoms with Crippen LogP contribution in [-0.4, -0.2) is 9.13 Å². The average Bonchev–Trinajstić information content (AvgIpc) is 3.58. The molecule has 9 rings (SSSR count). The second-order valence-corrected chi connectivity index (χ2v) is 11.8. The average molecular weight is 551 g/mol. The minimum Gasteiger partial charge on any atom is -0.313 e. The van der Waals surface area contributed by atoms with Gasteiger partial charge in [0.2, 0.25) is 0 Å². The summed E-state index contributed by atoms with van der Waals surface area (Å²) < 4.78 is 5.06. The topological polar surface area (TPSA) is 9.86 Å². The van der Waals surface area contributed by atoms with Crippen LogP contribution in [0.2, 0.25) is 0 Å². The summed E-state index contributed by atoms with van der Waals surface area (Å²) in [5.74, 6) is 0.370. The van der Waals surface area contributed by atoms with Crippen LogP contribution in [0.4, 0.5) is 0 Å².